The molecular weight excluding hydrogens is 605 g/mol. The maximum atomic E-state index is 2.41. The Morgan fingerprint density at radius 1 is 0.220 bits per heavy atom. The summed E-state index contributed by atoms with van der Waals surface area (Å²) in [5.41, 5.74) is 14.4. The van der Waals surface area contributed by atoms with Crippen molar-refractivity contribution in [1.82, 2.24) is 9.13 Å². The van der Waals surface area contributed by atoms with E-state index in [0.29, 0.717) is 0 Å². The van der Waals surface area contributed by atoms with Gasteiger partial charge in [0, 0.05) is 32.9 Å². The fraction of sp³-hybridized carbons (Fsp3) is 0. The van der Waals surface area contributed by atoms with Gasteiger partial charge in [0.15, 0.2) is 0 Å². The number of nitrogens with zero attached hydrogens (tertiary/aromatic N) is 2. The first-order chi connectivity index (χ1) is 24.8. The molecule has 10 aromatic rings. The molecule has 0 aliphatic carbocycles. The number of fused-ring (bicyclic) bond motifs is 6. The van der Waals surface area contributed by atoms with Gasteiger partial charge in [-0.25, -0.2) is 0 Å². The van der Waals surface area contributed by atoms with Crippen LogP contribution in [0.4, 0.5) is 0 Å². The van der Waals surface area contributed by atoms with Gasteiger partial charge in [0.25, 0.3) is 0 Å². The van der Waals surface area contributed by atoms with Crippen molar-refractivity contribution in [3.8, 4) is 44.8 Å². The zero-order valence-electron chi connectivity index (χ0n) is 27.4. The third-order valence-corrected chi connectivity index (χ3v) is 10.1. The Hall–Kier alpha value is -6.64. The topological polar surface area (TPSA) is 9.86 Å². The molecule has 0 saturated heterocycles. The fourth-order valence-electron chi connectivity index (χ4n) is 7.79. The van der Waals surface area contributed by atoms with Gasteiger partial charge in [-0.2, -0.15) is 0 Å². The van der Waals surface area contributed by atoms with Crippen LogP contribution in [0.2, 0.25) is 0 Å². The summed E-state index contributed by atoms with van der Waals surface area (Å²) in [6, 6.07) is 70.4. The molecule has 0 aliphatic heterocycles. The lowest BCUT2D eigenvalue weighted by molar-refractivity contribution is 1.18. The minimum atomic E-state index is 1.15. The summed E-state index contributed by atoms with van der Waals surface area (Å²) in [7, 11) is 0. The van der Waals surface area contributed by atoms with Crippen molar-refractivity contribution >= 4 is 43.6 Å². The van der Waals surface area contributed by atoms with Gasteiger partial charge >= 0.3 is 0 Å². The molecule has 2 heteroatoms. The summed E-state index contributed by atoms with van der Waals surface area (Å²) in [4.78, 5) is 0. The van der Waals surface area contributed by atoms with E-state index in [2.05, 4.69) is 203 Å². The summed E-state index contributed by atoms with van der Waals surface area (Å²) < 4.78 is 4.80. The lowest BCUT2D eigenvalue weighted by atomic mass is 9.99. The minimum absolute atomic E-state index is 1.15. The molecule has 8 aromatic carbocycles. The van der Waals surface area contributed by atoms with E-state index in [1.807, 2.05) is 0 Å². The molecule has 0 radical (unpaired) electrons. The van der Waals surface area contributed by atoms with Gasteiger partial charge in [0.1, 0.15) is 0 Å². The van der Waals surface area contributed by atoms with Crippen molar-refractivity contribution in [3.05, 3.63) is 194 Å². The Morgan fingerprint density at radius 2 is 0.600 bits per heavy atom. The van der Waals surface area contributed by atoms with Gasteiger partial charge in [-0.05, 0) is 94.0 Å². The zero-order valence-corrected chi connectivity index (χ0v) is 27.4. The van der Waals surface area contributed by atoms with Crippen LogP contribution in [0.15, 0.2) is 194 Å². The van der Waals surface area contributed by atoms with E-state index in [0.717, 1.165) is 11.4 Å². The molecule has 2 aromatic heterocycles. The first kappa shape index (κ1) is 28.4. The molecule has 0 amide bonds. The zero-order chi connectivity index (χ0) is 33.0. The third-order valence-electron chi connectivity index (χ3n) is 10.1. The fourth-order valence-corrected chi connectivity index (χ4v) is 7.79. The van der Waals surface area contributed by atoms with E-state index < -0.39 is 0 Å². The summed E-state index contributed by atoms with van der Waals surface area (Å²) in [5.74, 6) is 0. The second kappa shape index (κ2) is 11.5. The van der Waals surface area contributed by atoms with Crippen LogP contribution >= 0.6 is 0 Å². The highest BCUT2D eigenvalue weighted by molar-refractivity contribution is 6.11. The average molecular weight is 637 g/mol. The van der Waals surface area contributed by atoms with Gasteiger partial charge in [0.2, 0.25) is 0 Å². The number of hydrogen-bond acceptors (Lipinski definition) is 0. The second-order valence-corrected chi connectivity index (χ2v) is 13.0. The van der Waals surface area contributed by atoms with Crippen LogP contribution in [0, 0.1) is 0 Å². The first-order valence-electron chi connectivity index (χ1n) is 17.2. The van der Waals surface area contributed by atoms with E-state index in [-0.39, 0.29) is 0 Å². The third kappa shape index (κ3) is 4.57. The van der Waals surface area contributed by atoms with Crippen LogP contribution < -0.4 is 0 Å². The van der Waals surface area contributed by atoms with Gasteiger partial charge < -0.3 is 9.13 Å². The number of aromatic nitrogens is 2. The Morgan fingerprint density at radius 3 is 1.16 bits per heavy atom. The maximum Gasteiger partial charge on any atom is 0.0541 e. The highest BCUT2D eigenvalue weighted by Gasteiger charge is 2.16. The summed E-state index contributed by atoms with van der Waals surface area (Å²) in [5, 5.41) is 5.04. The smallest absolute Gasteiger partial charge is 0.0541 e. The molecule has 10 rings (SSSR count). The summed E-state index contributed by atoms with van der Waals surface area (Å²) in [6.45, 7) is 0. The molecule has 0 saturated carbocycles. The Labute approximate surface area is 290 Å². The van der Waals surface area contributed by atoms with Gasteiger partial charge in [0.05, 0.1) is 22.1 Å². The molecule has 0 bridgehead atoms. The largest absolute Gasteiger partial charge is 0.309 e. The van der Waals surface area contributed by atoms with Crippen molar-refractivity contribution in [2.24, 2.45) is 0 Å². The molecule has 234 valence electrons. The highest BCUT2D eigenvalue weighted by atomic mass is 15.0. The van der Waals surface area contributed by atoms with Gasteiger partial charge in [-0.15, -0.1) is 0 Å². The van der Waals surface area contributed by atoms with Crippen molar-refractivity contribution in [1.29, 1.82) is 0 Å². The lowest BCUT2D eigenvalue weighted by Gasteiger charge is -2.12. The number of para-hydroxylation sites is 3. The van der Waals surface area contributed by atoms with Crippen LogP contribution in [0.1, 0.15) is 0 Å². The normalized spacial score (nSPS) is 11.6. The summed E-state index contributed by atoms with van der Waals surface area (Å²) in [6.07, 6.45) is 0. The second-order valence-electron chi connectivity index (χ2n) is 13.0. The SMILES string of the molecule is c1ccc(-c2cccc(-c3cccc(-n4c5ccccc5c5cc(-c6cccc(-n7c8ccccc8c8ccccc87)c6)ccc54)c3)c2)cc1. The van der Waals surface area contributed by atoms with Crippen LogP contribution in [0.5, 0.6) is 0 Å². The van der Waals surface area contributed by atoms with Crippen molar-refractivity contribution in [3.63, 3.8) is 0 Å². The maximum absolute atomic E-state index is 2.41. The van der Waals surface area contributed by atoms with Crippen LogP contribution in [-0.4, -0.2) is 9.13 Å². The Kier molecular flexibility index (Phi) is 6.53. The predicted octanol–water partition coefficient (Wildman–Crippen LogP) is 12.9. The Bertz CT molecular complexity index is 2820. The van der Waals surface area contributed by atoms with Crippen LogP contribution in [0.3, 0.4) is 0 Å². The molecule has 2 heterocycles. The molecule has 0 aliphatic rings. The van der Waals surface area contributed by atoms with Gasteiger partial charge in [-0.1, -0.05) is 133 Å². The monoisotopic (exact) mass is 636 g/mol. The molecule has 0 spiro atoms. The molecular formula is C48H32N2. The van der Waals surface area contributed by atoms with Crippen molar-refractivity contribution in [2.45, 2.75) is 0 Å². The van der Waals surface area contributed by atoms with E-state index in [9.17, 15) is 0 Å². The van der Waals surface area contributed by atoms with Gasteiger partial charge in [-0.3, -0.25) is 0 Å². The lowest BCUT2D eigenvalue weighted by Crippen LogP contribution is -1.95. The predicted molar refractivity (Wildman–Crippen MR) is 211 cm³/mol. The highest BCUT2D eigenvalue weighted by Crippen LogP contribution is 2.38. The number of hydrogen-bond donors (Lipinski definition) is 0. The van der Waals surface area contributed by atoms with Crippen molar-refractivity contribution < 1.29 is 0 Å². The van der Waals surface area contributed by atoms with Crippen molar-refractivity contribution in [2.75, 3.05) is 0 Å². The average Bonchev–Trinajstić information content (AvgIpc) is 3.71. The van der Waals surface area contributed by atoms with Crippen LogP contribution in [0.25, 0.3) is 88.4 Å². The first-order valence-corrected chi connectivity index (χ1v) is 17.2. The molecule has 0 N–H and O–H groups in total. The minimum Gasteiger partial charge on any atom is -0.309 e. The van der Waals surface area contributed by atoms with Crippen LogP contribution in [-0.2, 0) is 0 Å². The standard InChI is InChI=1S/C48H32N2/c1-2-13-33(14-3-1)34-15-10-16-35(29-34)36-17-11-20-40(30-36)50-47-26-9-6-23-43(47)44-32-38(27-28-48(44)50)37-18-12-19-39(31-37)49-45-24-7-4-21-41(45)42-22-5-8-25-46(42)49/h1-32H. The molecule has 0 fully saturated rings. The van der Waals surface area contributed by atoms with E-state index >= 15 is 0 Å². The number of benzene rings is 8. The molecule has 0 unspecified atom stereocenters. The summed E-state index contributed by atoms with van der Waals surface area (Å²) >= 11 is 0. The number of rotatable bonds is 5. The molecule has 0 atom stereocenters. The Balaban J connectivity index is 1.09. The molecule has 2 nitrogen and oxygen atoms in total. The van der Waals surface area contributed by atoms with E-state index in [1.165, 1.54) is 77.0 Å². The van der Waals surface area contributed by atoms with E-state index in [1.54, 1.807) is 0 Å². The van der Waals surface area contributed by atoms with E-state index in [4.69, 9.17) is 0 Å². The molecule has 50 heavy (non-hydrogen) atoms. The quantitative estimate of drug-likeness (QED) is 0.178.